The van der Waals surface area contributed by atoms with Crippen molar-refractivity contribution in [3.8, 4) is 0 Å². The summed E-state index contributed by atoms with van der Waals surface area (Å²) in [6, 6.07) is 6.38. The highest BCUT2D eigenvalue weighted by Gasteiger charge is 2.42. The lowest BCUT2D eigenvalue weighted by Crippen LogP contribution is -2.44. The second-order valence-corrected chi connectivity index (χ2v) is 8.73. The van der Waals surface area contributed by atoms with Crippen LogP contribution in [0.2, 0.25) is 0 Å². The molecule has 0 spiro atoms. The Labute approximate surface area is 174 Å². The molecule has 0 N–H and O–H groups in total. The minimum atomic E-state index is -0.266. The molecule has 2 saturated heterocycles. The molecule has 0 aliphatic carbocycles. The summed E-state index contributed by atoms with van der Waals surface area (Å²) >= 11 is 0. The number of likely N-dealkylation sites (N-methyl/N-ethyl adjacent to an activating group) is 1. The summed E-state index contributed by atoms with van der Waals surface area (Å²) in [4.78, 5) is 9.21. The number of nitrogens with zero attached hydrogens (tertiary/aromatic N) is 7. The lowest BCUT2D eigenvalue weighted by Gasteiger charge is -2.36. The zero-order chi connectivity index (χ0) is 20.6. The molecule has 0 amide bonds. The van der Waals surface area contributed by atoms with Crippen LogP contribution in [0, 0.1) is 5.82 Å². The first-order valence-corrected chi connectivity index (χ1v) is 10.4. The Kier molecular flexibility index (Phi) is 3.71. The summed E-state index contributed by atoms with van der Waals surface area (Å²) in [5.41, 5.74) is 3.34. The number of anilines is 1. The molecule has 0 unspecified atom stereocenters. The third-order valence-corrected chi connectivity index (χ3v) is 6.80. The van der Waals surface area contributed by atoms with Gasteiger partial charge in [-0.3, -0.25) is 14.9 Å². The fourth-order valence-corrected chi connectivity index (χ4v) is 5.17. The molecule has 30 heavy (non-hydrogen) atoms. The van der Waals surface area contributed by atoms with Gasteiger partial charge < -0.3 is 4.90 Å². The van der Waals surface area contributed by atoms with Gasteiger partial charge in [0.1, 0.15) is 11.6 Å². The Morgan fingerprint density at radius 1 is 1.03 bits per heavy atom. The van der Waals surface area contributed by atoms with Crippen molar-refractivity contribution in [3.05, 3.63) is 47.6 Å². The largest absolute Gasteiger partial charge is 0.349 e. The Balaban J connectivity index is 1.35. The van der Waals surface area contributed by atoms with E-state index in [1.807, 2.05) is 43.3 Å². The Hall–Kier alpha value is -3.00. The van der Waals surface area contributed by atoms with Crippen LogP contribution in [-0.2, 0) is 0 Å². The van der Waals surface area contributed by atoms with E-state index >= 15 is 4.39 Å². The van der Waals surface area contributed by atoms with Gasteiger partial charge in [-0.2, -0.15) is 0 Å². The van der Waals surface area contributed by atoms with E-state index in [0.717, 1.165) is 54.7 Å². The molecule has 1 aromatic carbocycles. The number of aromatic nitrogens is 2. The first-order chi connectivity index (χ1) is 14.5. The number of piperazine rings is 1. The summed E-state index contributed by atoms with van der Waals surface area (Å²) in [7, 11) is 4.14. The van der Waals surface area contributed by atoms with Crippen LogP contribution in [0.1, 0.15) is 18.9 Å². The SMILES string of the molecule is CC1=NC2=CC=C(c3cc(F)c4cc(N5C[C@@H]6C[C@H]5CN6C)nnc4c3)N(C)N2C1. The van der Waals surface area contributed by atoms with Gasteiger partial charge in [0.25, 0.3) is 0 Å². The van der Waals surface area contributed by atoms with Crippen molar-refractivity contribution in [2.45, 2.75) is 25.4 Å². The Bertz CT molecular complexity index is 1150. The highest BCUT2D eigenvalue weighted by Crippen LogP contribution is 2.35. The molecule has 7 nitrogen and oxygen atoms in total. The first kappa shape index (κ1) is 17.8. The van der Waals surface area contributed by atoms with E-state index in [1.165, 1.54) is 0 Å². The van der Waals surface area contributed by atoms with Gasteiger partial charge >= 0.3 is 0 Å². The third kappa shape index (κ3) is 2.56. The predicted molar refractivity (Wildman–Crippen MR) is 115 cm³/mol. The van der Waals surface area contributed by atoms with Crippen LogP contribution in [0.4, 0.5) is 10.2 Å². The predicted octanol–water partition coefficient (Wildman–Crippen LogP) is 2.48. The molecule has 2 bridgehead atoms. The topological polar surface area (TPSA) is 51.1 Å². The number of likely N-dealkylation sites (tertiary alicyclic amines) is 1. The van der Waals surface area contributed by atoms with E-state index in [9.17, 15) is 0 Å². The highest BCUT2D eigenvalue weighted by molar-refractivity contribution is 5.88. The number of hydrogen-bond donors (Lipinski definition) is 0. The van der Waals surface area contributed by atoms with Gasteiger partial charge in [0.15, 0.2) is 5.82 Å². The van der Waals surface area contributed by atoms with E-state index in [2.05, 4.69) is 37.0 Å². The number of fused-ring (bicyclic) bond motifs is 4. The lowest BCUT2D eigenvalue weighted by atomic mass is 10.1. The normalized spacial score (nSPS) is 25.7. The quantitative estimate of drug-likeness (QED) is 0.765. The van der Waals surface area contributed by atoms with Crippen molar-refractivity contribution in [3.63, 3.8) is 0 Å². The first-order valence-electron chi connectivity index (χ1n) is 10.4. The Morgan fingerprint density at radius 2 is 1.90 bits per heavy atom. The zero-order valence-electron chi connectivity index (χ0n) is 17.4. The molecule has 5 heterocycles. The monoisotopic (exact) mass is 405 g/mol. The van der Waals surface area contributed by atoms with Crippen molar-refractivity contribution in [2.75, 3.05) is 38.6 Å². The molecule has 0 radical (unpaired) electrons. The van der Waals surface area contributed by atoms with Crippen molar-refractivity contribution >= 4 is 28.1 Å². The number of rotatable bonds is 2. The number of halogens is 1. The molecule has 0 saturated carbocycles. The van der Waals surface area contributed by atoms with Crippen LogP contribution >= 0.6 is 0 Å². The molecule has 2 fully saturated rings. The average molecular weight is 405 g/mol. The molecular formula is C22H24FN7. The van der Waals surface area contributed by atoms with Gasteiger partial charge in [-0.25, -0.2) is 9.38 Å². The second kappa shape index (κ2) is 6.25. The van der Waals surface area contributed by atoms with Crippen LogP contribution in [0.3, 0.4) is 0 Å². The number of hydrogen-bond acceptors (Lipinski definition) is 7. The molecule has 6 rings (SSSR count). The number of hydrazine groups is 1. The van der Waals surface area contributed by atoms with E-state index < -0.39 is 0 Å². The zero-order valence-corrected chi connectivity index (χ0v) is 17.4. The minimum Gasteiger partial charge on any atom is -0.349 e. The maximum Gasteiger partial charge on any atom is 0.152 e. The lowest BCUT2D eigenvalue weighted by molar-refractivity contribution is 0.128. The van der Waals surface area contributed by atoms with Crippen LogP contribution in [-0.4, -0.2) is 76.6 Å². The third-order valence-electron chi connectivity index (χ3n) is 6.80. The van der Waals surface area contributed by atoms with Gasteiger partial charge in [0.2, 0.25) is 0 Å². The molecule has 1 aromatic heterocycles. The minimum absolute atomic E-state index is 0.266. The summed E-state index contributed by atoms with van der Waals surface area (Å²) < 4.78 is 15.2. The maximum atomic E-state index is 15.2. The summed E-state index contributed by atoms with van der Waals surface area (Å²) in [5.74, 6) is 1.43. The second-order valence-electron chi connectivity index (χ2n) is 8.73. The van der Waals surface area contributed by atoms with Crippen molar-refractivity contribution in [1.29, 1.82) is 0 Å². The van der Waals surface area contributed by atoms with Gasteiger partial charge in [-0.15, -0.1) is 10.2 Å². The maximum absolute atomic E-state index is 15.2. The molecule has 4 aliphatic rings. The van der Waals surface area contributed by atoms with Gasteiger partial charge in [0.05, 0.1) is 17.8 Å². The number of allylic oxidation sites excluding steroid dienone is 2. The summed E-state index contributed by atoms with van der Waals surface area (Å²) in [6.45, 7) is 4.72. The van der Waals surface area contributed by atoms with Gasteiger partial charge in [-0.1, -0.05) is 0 Å². The molecule has 4 aliphatic heterocycles. The average Bonchev–Trinajstić information content (AvgIpc) is 3.41. The Morgan fingerprint density at radius 3 is 2.67 bits per heavy atom. The van der Waals surface area contributed by atoms with Crippen molar-refractivity contribution in [1.82, 2.24) is 25.1 Å². The highest BCUT2D eigenvalue weighted by atomic mass is 19.1. The summed E-state index contributed by atoms with van der Waals surface area (Å²) in [6.07, 6.45) is 5.10. The van der Waals surface area contributed by atoms with E-state index in [1.54, 1.807) is 6.07 Å². The van der Waals surface area contributed by atoms with Crippen LogP contribution in [0.5, 0.6) is 0 Å². The fraction of sp³-hybridized carbons (Fsp3) is 0.409. The van der Waals surface area contributed by atoms with Crippen LogP contribution in [0.25, 0.3) is 16.6 Å². The van der Waals surface area contributed by atoms with Gasteiger partial charge in [-0.05, 0) is 50.7 Å². The number of benzene rings is 1. The van der Waals surface area contributed by atoms with E-state index in [0.29, 0.717) is 23.0 Å². The summed E-state index contributed by atoms with van der Waals surface area (Å²) in [5, 5.41) is 13.5. The van der Waals surface area contributed by atoms with Gasteiger partial charge in [0, 0.05) is 48.9 Å². The standard InChI is InChI=1S/C22H24FN7/c1-13-10-30-21(24-13)5-4-20(28(30)3)14-6-18(23)17-9-22(26-25-19(17)7-14)29-12-15-8-16(29)11-27(15)2/h4-7,9,15-16H,8,10-12H2,1-3H3/t15-,16-/m0/s1. The fourth-order valence-electron chi connectivity index (χ4n) is 5.17. The van der Waals surface area contributed by atoms with Crippen molar-refractivity contribution in [2.24, 2.45) is 4.99 Å². The smallest absolute Gasteiger partial charge is 0.152 e. The van der Waals surface area contributed by atoms with E-state index in [4.69, 9.17) is 0 Å². The van der Waals surface area contributed by atoms with Crippen LogP contribution < -0.4 is 4.90 Å². The molecular weight excluding hydrogens is 381 g/mol. The molecule has 154 valence electrons. The van der Waals surface area contributed by atoms with E-state index in [-0.39, 0.29) is 5.82 Å². The molecule has 8 heteroatoms. The molecule has 2 aromatic rings. The van der Waals surface area contributed by atoms with Crippen LogP contribution in [0.15, 0.2) is 41.2 Å². The molecule has 2 atom stereocenters. The number of aliphatic imine (C=N–C) groups is 1. The van der Waals surface area contributed by atoms with Crippen molar-refractivity contribution < 1.29 is 4.39 Å².